The SMILES string of the molecule is C[C@H](Sc1nncs1)C(=O)NCc1ccnc(Oc2ccccc2)c1. The molecule has 1 aromatic carbocycles. The van der Waals surface area contributed by atoms with Crippen LogP contribution in [0.4, 0.5) is 0 Å². The first-order valence-electron chi connectivity index (χ1n) is 7.59. The molecule has 3 rings (SSSR count). The molecule has 0 spiro atoms. The lowest BCUT2D eigenvalue weighted by Gasteiger charge is -2.11. The van der Waals surface area contributed by atoms with E-state index in [9.17, 15) is 4.79 Å². The monoisotopic (exact) mass is 372 g/mol. The lowest BCUT2D eigenvalue weighted by molar-refractivity contribution is -0.120. The van der Waals surface area contributed by atoms with Crippen molar-refractivity contribution in [2.24, 2.45) is 0 Å². The summed E-state index contributed by atoms with van der Waals surface area (Å²) >= 11 is 2.82. The number of aromatic nitrogens is 3. The Morgan fingerprint density at radius 1 is 1.32 bits per heavy atom. The highest BCUT2D eigenvalue weighted by Crippen LogP contribution is 2.24. The van der Waals surface area contributed by atoms with Gasteiger partial charge in [0.2, 0.25) is 11.8 Å². The molecule has 1 amide bonds. The van der Waals surface area contributed by atoms with Crippen molar-refractivity contribution in [3.8, 4) is 11.6 Å². The van der Waals surface area contributed by atoms with Gasteiger partial charge in [-0.3, -0.25) is 4.79 Å². The van der Waals surface area contributed by atoms with Gasteiger partial charge in [0.1, 0.15) is 11.3 Å². The summed E-state index contributed by atoms with van der Waals surface area (Å²) in [5, 5.41) is 10.4. The Labute approximate surface area is 153 Å². The van der Waals surface area contributed by atoms with Crippen LogP contribution in [0, 0.1) is 0 Å². The standard InChI is InChI=1S/C17H16N4O2S2/c1-12(25-17-21-20-11-24-17)16(22)19-10-13-7-8-18-15(9-13)23-14-5-3-2-4-6-14/h2-9,11-12H,10H2,1H3,(H,19,22)/t12-/m0/s1. The number of carbonyl (C=O) groups is 1. The number of nitrogens with zero attached hydrogens (tertiary/aromatic N) is 3. The van der Waals surface area contributed by atoms with Gasteiger partial charge >= 0.3 is 0 Å². The van der Waals surface area contributed by atoms with Gasteiger partial charge in [-0.15, -0.1) is 10.2 Å². The van der Waals surface area contributed by atoms with Gasteiger partial charge in [0.05, 0.1) is 5.25 Å². The zero-order valence-corrected chi connectivity index (χ0v) is 15.1. The van der Waals surface area contributed by atoms with Crippen LogP contribution in [0.1, 0.15) is 12.5 Å². The fourth-order valence-electron chi connectivity index (χ4n) is 1.98. The summed E-state index contributed by atoms with van der Waals surface area (Å²) in [7, 11) is 0. The molecule has 2 heterocycles. The number of benzene rings is 1. The zero-order valence-electron chi connectivity index (χ0n) is 13.5. The fraction of sp³-hybridized carbons (Fsp3) is 0.176. The van der Waals surface area contributed by atoms with Gasteiger partial charge in [-0.05, 0) is 30.7 Å². The molecule has 128 valence electrons. The summed E-state index contributed by atoms with van der Waals surface area (Å²) in [6, 6.07) is 13.1. The van der Waals surface area contributed by atoms with Gasteiger partial charge < -0.3 is 10.1 Å². The predicted molar refractivity (Wildman–Crippen MR) is 97.8 cm³/mol. The van der Waals surface area contributed by atoms with E-state index in [0.29, 0.717) is 12.4 Å². The molecule has 0 aliphatic heterocycles. The molecule has 1 N–H and O–H groups in total. The van der Waals surface area contributed by atoms with E-state index >= 15 is 0 Å². The summed E-state index contributed by atoms with van der Waals surface area (Å²) in [5.41, 5.74) is 2.57. The maximum Gasteiger partial charge on any atom is 0.233 e. The number of hydrogen-bond donors (Lipinski definition) is 1. The summed E-state index contributed by atoms with van der Waals surface area (Å²) < 4.78 is 6.48. The molecule has 8 heteroatoms. The van der Waals surface area contributed by atoms with E-state index in [1.165, 1.54) is 23.1 Å². The maximum atomic E-state index is 12.2. The van der Waals surface area contributed by atoms with Gasteiger partial charge in [-0.2, -0.15) is 0 Å². The largest absolute Gasteiger partial charge is 0.439 e. The van der Waals surface area contributed by atoms with Crippen molar-refractivity contribution in [3.05, 3.63) is 59.7 Å². The third-order valence-corrected chi connectivity index (χ3v) is 5.13. The minimum Gasteiger partial charge on any atom is -0.439 e. The molecule has 0 bridgehead atoms. The molecular weight excluding hydrogens is 356 g/mol. The minimum atomic E-state index is -0.241. The van der Waals surface area contributed by atoms with Crippen LogP contribution in [-0.2, 0) is 11.3 Å². The van der Waals surface area contributed by atoms with Crippen LogP contribution >= 0.6 is 23.1 Å². The second kappa shape index (κ2) is 8.59. The molecular formula is C17H16N4O2S2. The molecule has 0 radical (unpaired) electrons. The predicted octanol–water partition coefficient (Wildman–Crippen LogP) is 3.52. The van der Waals surface area contributed by atoms with E-state index in [4.69, 9.17) is 4.74 Å². The van der Waals surface area contributed by atoms with Crippen molar-refractivity contribution in [1.29, 1.82) is 0 Å². The lowest BCUT2D eigenvalue weighted by atomic mass is 10.2. The zero-order chi connectivity index (χ0) is 17.5. The smallest absolute Gasteiger partial charge is 0.233 e. The number of amides is 1. The Balaban J connectivity index is 1.54. The molecule has 0 unspecified atom stereocenters. The first kappa shape index (κ1) is 17.4. The molecule has 0 aliphatic rings. The molecule has 2 aromatic heterocycles. The Kier molecular flexibility index (Phi) is 5.97. The van der Waals surface area contributed by atoms with Crippen molar-refractivity contribution in [2.45, 2.75) is 23.1 Å². The topological polar surface area (TPSA) is 77.0 Å². The average Bonchev–Trinajstić information content (AvgIpc) is 3.14. The first-order chi connectivity index (χ1) is 12.2. The van der Waals surface area contributed by atoms with Crippen molar-refractivity contribution in [1.82, 2.24) is 20.5 Å². The van der Waals surface area contributed by atoms with Gasteiger partial charge in [0, 0.05) is 18.8 Å². The summed E-state index contributed by atoms with van der Waals surface area (Å²) in [4.78, 5) is 16.4. The van der Waals surface area contributed by atoms with E-state index in [1.807, 2.05) is 49.4 Å². The highest BCUT2D eigenvalue weighted by Gasteiger charge is 2.15. The van der Waals surface area contributed by atoms with Crippen LogP contribution in [0.15, 0.2) is 58.5 Å². The van der Waals surface area contributed by atoms with Crippen LogP contribution in [0.3, 0.4) is 0 Å². The van der Waals surface area contributed by atoms with Gasteiger partial charge in [0.25, 0.3) is 0 Å². The van der Waals surface area contributed by atoms with Crippen molar-refractivity contribution in [2.75, 3.05) is 0 Å². The Bertz CT molecular complexity index is 813. The molecule has 0 saturated carbocycles. The van der Waals surface area contributed by atoms with Crippen LogP contribution in [0.2, 0.25) is 0 Å². The number of thioether (sulfide) groups is 1. The summed E-state index contributed by atoms with van der Waals surface area (Å²) in [5.74, 6) is 1.16. The van der Waals surface area contributed by atoms with Crippen LogP contribution in [-0.4, -0.2) is 26.3 Å². The number of nitrogens with one attached hydrogen (secondary N) is 1. The Morgan fingerprint density at radius 3 is 2.92 bits per heavy atom. The number of carbonyl (C=O) groups excluding carboxylic acids is 1. The number of para-hydroxylation sites is 1. The third kappa shape index (κ3) is 5.27. The summed E-state index contributed by atoms with van der Waals surface area (Å²) in [6.07, 6.45) is 1.67. The molecule has 1 atom stereocenters. The second-order valence-corrected chi connectivity index (χ2v) is 7.52. The normalized spacial score (nSPS) is 11.7. The second-order valence-electron chi connectivity index (χ2n) is 5.10. The Morgan fingerprint density at radius 2 is 2.16 bits per heavy atom. The molecule has 3 aromatic rings. The number of rotatable bonds is 7. The molecule has 6 nitrogen and oxygen atoms in total. The first-order valence-corrected chi connectivity index (χ1v) is 9.35. The van der Waals surface area contributed by atoms with E-state index in [-0.39, 0.29) is 11.2 Å². The molecule has 25 heavy (non-hydrogen) atoms. The van der Waals surface area contributed by atoms with E-state index in [2.05, 4.69) is 20.5 Å². The maximum absolute atomic E-state index is 12.2. The molecule has 0 aliphatic carbocycles. The van der Waals surface area contributed by atoms with Crippen LogP contribution in [0.5, 0.6) is 11.6 Å². The van der Waals surface area contributed by atoms with Crippen molar-refractivity contribution in [3.63, 3.8) is 0 Å². The minimum absolute atomic E-state index is 0.0532. The molecule has 0 fully saturated rings. The number of hydrogen-bond acceptors (Lipinski definition) is 7. The van der Waals surface area contributed by atoms with Crippen LogP contribution in [0.25, 0.3) is 0 Å². The van der Waals surface area contributed by atoms with Gasteiger partial charge in [-0.25, -0.2) is 4.98 Å². The van der Waals surface area contributed by atoms with Crippen molar-refractivity contribution >= 4 is 29.0 Å². The van der Waals surface area contributed by atoms with E-state index in [0.717, 1.165) is 15.7 Å². The quantitative estimate of drug-likeness (QED) is 0.640. The lowest BCUT2D eigenvalue weighted by Crippen LogP contribution is -2.30. The van der Waals surface area contributed by atoms with Gasteiger partial charge in [0.15, 0.2) is 4.34 Å². The van der Waals surface area contributed by atoms with E-state index < -0.39 is 0 Å². The molecule has 0 saturated heterocycles. The highest BCUT2D eigenvalue weighted by molar-refractivity contribution is 8.02. The number of ether oxygens (including phenoxy) is 1. The Hall–Kier alpha value is -2.45. The third-order valence-electron chi connectivity index (χ3n) is 3.22. The average molecular weight is 372 g/mol. The van der Waals surface area contributed by atoms with Crippen molar-refractivity contribution < 1.29 is 9.53 Å². The number of pyridine rings is 1. The van der Waals surface area contributed by atoms with Gasteiger partial charge in [-0.1, -0.05) is 41.3 Å². The fourth-order valence-corrected chi connectivity index (χ4v) is 3.63. The van der Waals surface area contributed by atoms with E-state index in [1.54, 1.807) is 11.7 Å². The van der Waals surface area contributed by atoms with Crippen LogP contribution < -0.4 is 10.1 Å². The highest BCUT2D eigenvalue weighted by atomic mass is 32.2. The summed E-state index contributed by atoms with van der Waals surface area (Å²) in [6.45, 7) is 2.26.